The molecule has 0 bridgehead atoms. The van der Waals surface area contributed by atoms with Crippen LogP contribution in [0.2, 0.25) is 0 Å². The number of hydrogen-bond acceptors (Lipinski definition) is 4. The molecule has 2 aromatic carbocycles. The first kappa shape index (κ1) is 20.7. The molecule has 1 aliphatic heterocycles. The number of likely N-dealkylation sites (tertiary alicyclic amines) is 1. The minimum Gasteiger partial charge on any atom is -0.491 e. The van der Waals surface area contributed by atoms with Crippen LogP contribution in [0.5, 0.6) is 11.5 Å². The van der Waals surface area contributed by atoms with Crippen LogP contribution in [0.3, 0.4) is 0 Å². The molecule has 2 amide bonds. The van der Waals surface area contributed by atoms with Crippen molar-refractivity contribution in [3.05, 3.63) is 60.2 Å². The van der Waals surface area contributed by atoms with Crippen molar-refractivity contribution in [1.82, 2.24) is 10.2 Å². The first-order valence-electron chi connectivity index (χ1n) is 10.0. The maximum Gasteiger partial charge on any atom is 0.260 e. The van der Waals surface area contributed by atoms with Crippen LogP contribution in [0.1, 0.15) is 37.0 Å². The minimum absolute atomic E-state index is 0.0272. The molecule has 0 radical (unpaired) electrons. The van der Waals surface area contributed by atoms with Gasteiger partial charge in [0.25, 0.3) is 11.8 Å². The van der Waals surface area contributed by atoms with E-state index in [2.05, 4.69) is 5.32 Å². The zero-order chi connectivity index (χ0) is 20.6. The van der Waals surface area contributed by atoms with Gasteiger partial charge in [-0.05, 0) is 63.1 Å². The van der Waals surface area contributed by atoms with Gasteiger partial charge < -0.3 is 19.7 Å². The lowest BCUT2D eigenvalue weighted by atomic mass is 10.2. The number of rotatable bonds is 8. The maximum atomic E-state index is 12.5. The molecule has 1 saturated heterocycles. The highest BCUT2D eigenvalue weighted by Crippen LogP contribution is 2.20. The Balaban J connectivity index is 1.49. The highest BCUT2D eigenvalue weighted by Gasteiger charge is 2.29. The van der Waals surface area contributed by atoms with Gasteiger partial charge in [-0.25, -0.2) is 0 Å². The second-order valence-electron chi connectivity index (χ2n) is 7.45. The van der Waals surface area contributed by atoms with Crippen molar-refractivity contribution < 1.29 is 19.1 Å². The van der Waals surface area contributed by atoms with Crippen molar-refractivity contribution in [3.63, 3.8) is 0 Å². The lowest BCUT2D eigenvalue weighted by Crippen LogP contribution is -2.41. The molecule has 1 N–H and O–H groups in total. The van der Waals surface area contributed by atoms with E-state index in [0.717, 1.165) is 19.4 Å². The molecule has 6 nitrogen and oxygen atoms in total. The molecule has 1 atom stereocenters. The Morgan fingerprint density at radius 2 is 1.72 bits per heavy atom. The van der Waals surface area contributed by atoms with Gasteiger partial charge in [0.05, 0.1) is 6.04 Å². The summed E-state index contributed by atoms with van der Waals surface area (Å²) >= 11 is 0. The number of carbonyl (C=O) groups is 2. The number of nitrogens with zero attached hydrogens (tertiary/aromatic N) is 1. The van der Waals surface area contributed by atoms with E-state index in [4.69, 9.17) is 9.47 Å². The molecule has 3 rings (SSSR count). The first-order chi connectivity index (χ1) is 14.0. The van der Waals surface area contributed by atoms with Crippen molar-refractivity contribution in [2.75, 3.05) is 19.8 Å². The molecule has 6 heteroatoms. The summed E-state index contributed by atoms with van der Waals surface area (Å²) in [6.07, 6.45) is 1.87. The van der Waals surface area contributed by atoms with Gasteiger partial charge in [-0.1, -0.05) is 18.2 Å². The summed E-state index contributed by atoms with van der Waals surface area (Å²) in [7, 11) is 0. The van der Waals surface area contributed by atoms with Gasteiger partial charge in [0.15, 0.2) is 6.61 Å². The minimum atomic E-state index is -0.0995. The fourth-order valence-corrected chi connectivity index (χ4v) is 3.32. The molecule has 0 saturated carbocycles. The topological polar surface area (TPSA) is 67.9 Å². The van der Waals surface area contributed by atoms with E-state index >= 15 is 0 Å². The van der Waals surface area contributed by atoms with Gasteiger partial charge in [-0.15, -0.1) is 0 Å². The third-order valence-electron chi connectivity index (χ3n) is 4.78. The normalized spacial score (nSPS) is 16.0. The summed E-state index contributed by atoms with van der Waals surface area (Å²) in [5, 5.41) is 2.86. The highest BCUT2D eigenvalue weighted by atomic mass is 16.5. The summed E-state index contributed by atoms with van der Waals surface area (Å²) in [5.41, 5.74) is 0.599. The smallest absolute Gasteiger partial charge is 0.260 e. The van der Waals surface area contributed by atoms with Crippen LogP contribution in [-0.2, 0) is 4.79 Å². The van der Waals surface area contributed by atoms with Gasteiger partial charge >= 0.3 is 0 Å². The van der Waals surface area contributed by atoms with Crippen molar-refractivity contribution in [2.45, 2.75) is 38.8 Å². The summed E-state index contributed by atoms with van der Waals surface area (Å²) < 4.78 is 11.5. The molecule has 0 spiro atoms. The fourth-order valence-electron chi connectivity index (χ4n) is 3.32. The van der Waals surface area contributed by atoms with Gasteiger partial charge in [0.2, 0.25) is 0 Å². The van der Waals surface area contributed by atoms with E-state index < -0.39 is 0 Å². The Morgan fingerprint density at radius 1 is 1.03 bits per heavy atom. The van der Waals surface area contributed by atoms with E-state index in [1.807, 2.05) is 49.1 Å². The average Bonchev–Trinajstić information content (AvgIpc) is 3.20. The Labute approximate surface area is 171 Å². The Bertz CT molecular complexity index is 805. The number of para-hydroxylation sites is 1. The van der Waals surface area contributed by atoms with Gasteiger partial charge in [0, 0.05) is 18.2 Å². The lowest BCUT2D eigenvalue weighted by Gasteiger charge is -2.25. The van der Waals surface area contributed by atoms with Crippen LogP contribution in [0.4, 0.5) is 0 Å². The monoisotopic (exact) mass is 396 g/mol. The van der Waals surface area contributed by atoms with Gasteiger partial charge in [-0.3, -0.25) is 9.59 Å². The summed E-state index contributed by atoms with van der Waals surface area (Å²) in [6, 6.07) is 16.5. The van der Waals surface area contributed by atoms with E-state index in [0.29, 0.717) is 23.7 Å². The zero-order valence-electron chi connectivity index (χ0n) is 17.0. The standard InChI is InChI=1S/C23H28N2O4/c1-17(2)24-23(27)18-10-12-21(13-11-18)28-15-19-7-6-14-25(19)22(26)16-29-20-8-4-3-5-9-20/h3-5,8-13,17,19H,6-7,14-16H2,1-2H3,(H,24,27). The Kier molecular flexibility index (Phi) is 7.11. The summed E-state index contributed by atoms with van der Waals surface area (Å²) in [4.78, 5) is 26.4. The first-order valence-corrected chi connectivity index (χ1v) is 10.0. The summed E-state index contributed by atoms with van der Waals surface area (Å²) in [5.74, 6) is 1.25. The van der Waals surface area contributed by atoms with E-state index in [9.17, 15) is 9.59 Å². The Hall–Kier alpha value is -3.02. The fraction of sp³-hybridized carbons (Fsp3) is 0.391. The number of hydrogen-bond donors (Lipinski definition) is 1. The second kappa shape index (κ2) is 9.96. The maximum absolute atomic E-state index is 12.5. The van der Waals surface area contributed by atoms with Gasteiger partial charge in [-0.2, -0.15) is 0 Å². The Morgan fingerprint density at radius 3 is 2.41 bits per heavy atom. The number of nitrogens with one attached hydrogen (secondary N) is 1. The number of amides is 2. The molecule has 1 fully saturated rings. The van der Waals surface area contributed by atoms with E-state index in [1.165, 1.54) is 0 Å². The van der Waals surface area contributed by atoms with Crippen LogP contribution in [0.15, 0.2) is 54.6 Å². The van der Waals surface area contributed by atoms with Crippen LogP contribution in [-0.4, -0.2) is 48.6 Å². The molecule has 1 unspecified atom stereocenters. The van der Waals surface area contributed by atoms with Crippen molar-refractivity contribution in [3.8, 4) is 11.5 Å². The predicted octanol–water partition coefficient (Wildman–Crippen LogP) is 3.27. The molecule has 29 heavy (non-hydrogen) atoms. The van der Waals surface area contributed by atoms with Crippen LogP contribution >= 0.6 is 0 Å². The zero-order valence-corrected chi connectivity index (χ0v) is 17.0. The van der Waals surface area contributed by atoms with Crippen molar-refractivity contribution in [1.29, 1.82) is 0 Å². The molecule has 0 aliphatic carbocycles. The number of benzene rings is 2. The quantitative estimate of drug-likeness (QED) is 0.744. The molecule has 1 aliphatic rings. The third kappa shape index (κ3) is 5.98. The highest BCUT2D eigenvalue weighted by molar-refractivity contribution is 5.94. The van der Waals surface area contributed by atoms with Crippen LogP contribution in [0, 0.1) is 0 Å². The average molecular weight is 396 g/mol. The SMILES string of the molecule is CC(C)NC(=O)c1ccc(OCC2CCCN2C(=O)COc2ccccc2)cc1. The van der Waals surface area contributed by atoms with Crippen molar-refractivity contribution >= 4 is 11.8 Å². The van der Waals surface area contributed by atoms with Crippen molar-refractivity contribution in [2.24, 2.45) is 0 Å². The van der Waals surface area contributed by atoms with E-state index in [-0.39, 0.29) is 30.5 Å². The molecule has 154 valence electrons. The third-order valence-corrected chi connectivity index (χ3v) is 4.78. The molecular formula is C23H28N2O4. The molecular weight excluding hydrogens is 368 g/mol. The number of ether oxygens (including phenoxy) is 2. The predicted molar refractivity (Wildman–Crippen MR) is 111 cm³/mol. The lowest BCUT2D eigenvalue weighted by molar-refractivity contribution is -0.134. The number of carbonyl (C=O) groups excluding carboxylic acids is 2. The largest absolute Gasteiger partial charge is 0.491 e. The molecule has 2 aromatic rings. The summed E-state index contributed by atoms with van der Waals surface area (Å²) in [6.45, 7) is 5.03. The van der Waals surface area contributed by atoms with Crippen LogP contribution < -0.4 is 14.8 Å². The van der Waals surface area contributed by atoms with Gasteiger partial charge in [0.1, 0.15) is 18.1 Å². The molecule has 1 heterocycles. The van der Waals surface area contributed by atoms with Crippen LogP contribution in [0.25, 0.3) is 0 Å². The molecule has 0 aromatic heterocycles. The second-order valence-corrected chi connectivity index (χ2v) is 7.45. The van der Waals surface area contributed by atoms with E-state index in [1.54, 1.807) is 24.3 Å².